The van der Waals surface area contributed by atoms with Crippen LogP contribution in [0.25, 0.3) is 5.69 Å². The Hall–Kier alpha value is -2.93. The molecule has 0 amide bonds. The molecule has 0 aliphatic carbocycles. The van der Waals surface area contributed by atoms with Gasteiger partial charge in [-0.2, -0.15) is 26.3 Å². The van der Waals surface area contributed by atoms with Crippen molar-refractivity contribution in [2.45, 2.75) is 57.2 Å². The van der Waals surface area contributed by atoms with Gasteiger partial charge in [-0.25, -0.2) is 8.78 Å². The van der Waals surface area contributed by atoms with E-state index >= 15 is 0 Å². The Morgan fingerprint density at radius 3 is 2.23 bits per heavy atom. The number of hydrogen-bond acceptors (Lipinski definition) is 4. The Kier molecular flexibility index (Phi) is 7.03. The molecular formula is C25H22ClF8N5. The number of halogens is 9. The van der Waals surface area contributed by atoms with Gasteiger partial charge in [0.05, 0.1) is 17.9 Å². The van der Waals surface area contributed by atoms with Gasteiger partial charge >= 0.3 is 12.4 Å². The van der Waals surface area contributed by atoms with Crippen molar-refractivity contribution in [1.29, 1.82) is 0 Å². The highest BCUT2D eigenvalue weighted by Crippen LogP contribution is 2.40. The van der Waals surface area contributed by atoms with Crippen molar-refractivity contribution in [1.82, 2.24) is 19.7 Å². The lowest BCUT2D eigenvalue weighted by Crippen LogP contribution is -2.42. The van der Waals surface area contributed by atoms with Crippen LogP contribution in [0.2, 0.25) is 5.02 Å². The summed E-state index contributed by atoms with van der Waals surface area (Å²) in [6.45, 7) is 1.23. The second-order valence-corrected chi connectivity index (χ2v) is 10.2. The van der Waals surface area contributed by atoms with Gasteiger partial charge in [0, 0.05) is 30.6 Å². The standard InChI is InChI=1S/C25H22ClF8N5/c1-13(24(29,30)31)38-11-15-10-16(26)2-4-18(15)39-20(12-38)35-36-23(39)14-6-8-37(9-7-14)19-5-3-17(27)21(22(19)28)25(32,33)34/h2-5,10,13-14H,6-9,11-12H2,1H3. The van der Waals surface area contributed by atoms with Crippen LogP contribution in [0.5, 0.6) is 0 Å². The number of hydrogen-bond donors (Lipinski definition) is 0. The minimum Gasteiger partial charge on any atom is -0.369 e. The zero-order valence-corrected chi connectivity index (χ0v) is 21.2. The molecule has 2 aromatic carbocycles. The van der Waals surface area contributed by atoms with Gasteiger partial charge in [0.25, 0.3) is 0 Å². The van der Waals surface area contributed by atoms with Crippen LogP contribution in [0.15, 0.2) is 30.3 Å². The predicted octanol–water partition coefficient (Wildman–Crippen LogP) is 6.87. The van der Waals surface area contributed by atoms with Crippen molar-refractivity contribution in [2.75, 3.05) is 18.0 Å². The summed E-state index contributed by atoms with van der Waals surface area (Å²) in [5, 5.41) is 8.85. The molecule has 5 nitrogen and oxygen atoms in total. The molecule has 0 spiro atoms. The normalized spacial score (nSPS) is 18.1. The summed E-state index contributed by atoms with van der Waals surface area (Å²) in [6, 6.07) is 4.74. The van der Waals surface area contributed by atoms with Crippen molar-refractivity contribution in [2.24, 2.45) is 0 Å². The lowest BCUT2D eigenvalue weighted by atomic mass is 9.95. The number of fused-ring (bicyclic) bond motifs is 3. The zero-order valence-electron chi connectivity index (χ0n) is 20.4. The van der Waals surface area contributed by atoms with Gasteiger partial charge in [-0.3, -0.25) is 9.47 Å². The third-order valence-corrected chi connectivity index (χ3v) is 7.57. The summed E-state index contributed by atoms with van der Waals surface area (Å²) in [5.74, 6) is -2.81. The predicted molar refractivity (Wildman–Crippen MR) is 127 cm³/mol. The maximum absolute atomic E-state index is 14.7. The number of nitrogens with zero attached hydrogens (tertiary/aromatic N) is 5. The van der Waals surface area contributed by atoms with Gasteiger partial charge in [-0.15, -0.1) is 10.2 Å². The summed E-state index contributed by atoms with van der Waals surface area (Å²) in [6.07, 6.45) is -8.95. The van der Waals surface area contributed by atoms with Crippen molar-refractivity contribution in [3.63, 3.8) is 0 Å². The van der Waals surface area contributed by atoms with Gasteiger partial charge < -0.3 is 4.90 Å². The number of alkyl halides is 6. The van der Waals surface area contributed by atoms with E-state index in [2.05, 4.69) is 10.2 Å². The lowest BCUT2D eigenvalue weighted by molar-refractivity contribution is -0.182. The Balaban J connectivity index is 1.44. The van der Waals surface area contributed by atoms with E-state index in [1.165, 1.54) is 9.80 Å². The minimum atomic E-state index is -5.19. The molecule has 39 heavy (non-hydrogen) atoms. The zero-order chi connectivity index (χ0) is 28.3. The quantitative estimate of drug-likeness (QED) is 0.318. The molecule has 1 unspecified atom stereocenters. The summed E-state index contributed by atoms with van der Waals surface area (Å²) < 4.78 is 111. The first-order chi connectivity index (χ1) is 18.3. The highest BCUT2D eigenvalue weighted by atomic mass is 35.5. The van der Waals surface area contributed by atoms with Crippen LogP contribution >= 0.6 is 11.6 Å². The molecule has 1 saturated heterocycles. The summed E-state index contributed by atoms with van der Waals surface area (Å²) >= 11 is 6.16. The van der Waals surface area contributed by atoms with Gasteiger partial charge in [0.1, 0.15) is 23.2 Å². The number of aromatic nitrogens is 3. The van der Waals surface area contributed by atoms with Gasteiger partial charge in [-0.05, 0) is 55.7 Å². The Morgan fingerprint density at radius 2 is 1.59 bits per heavy atom. The van der Waals surface area contributed by atoms with E-state index in [4.69, 9.17) is 11.6 Å². The second kappa shape index (κ2) is 9.92. The van der Waals surface area contributed by atoms with E-state index in [0.29, 0.717) is 46.8 Å². The van der Waals surface area contributed by atoms with Crippen LogP contribution < -0.4 is 4.90 Å². The third kappa shape index (κ3) is 5.18. The monoisotopic (exact) mass is 579 g/mol. The molecule has 0 saturated carbocycles. The molecule has 14 heteroatoms. The summed E-state index contributed by atoms with van der Waals surface area (Å²) in [5.41, 5.74) is -1.13. The number of benzene rings is 2. The molecule has 0 radical (unpaired) electrons. The van der Waals surface area contributed by atoms with E-state index in [-0.39, 0.29) is 37.8 Å². The largest absolute Gasteiger partial charge is 0.422 e. The highest BCUT2D eigenvalue weighted by molar-refractivity contribution is 6.30. The minimum absolute atomic E-state index is 0.0246. The van der Waals surface area contributed by atoms with Gasteiger partial charge in [0.15, 0.2) is 11.6 Å². The van der Waals surface area contributed by atoms with Crippen molar-refractivity contribution in [3.8, 4) is 5.69 Å². The molecule has 1 aromatic heterocycles. The second-order valence-electron chi connectivity index (χ2n) is 9.72. The van der Waals surface area contributed by atoms with Crippen LogP contribution in [0.4, 0.5) is 40.8 Å². The van der Waals surface area contributed by atoms with Crippen LogP contribution in [0.1, 0.15) is 48.5 Å². The number of anilines is 1. The van der Waals surface area contributed by atoms with Crippen molar-refractivity contribution < 1.29 is 35.1 Å². The van der Waals surface area contributed by atoms with Crippen LogP contribution in [-0.4, -0.2) is 45.0 Å². The van der Waals surface area contributed by atoms with E-state index < -0.39 is 35.6 Å². The molecule has 5 rings (SSSR count). The van der Waals surface area contributed by atoms with E-state index in [0.717, 1.165) is 13.0 Å². The Morgan fingerprint density at radius 1 is 0.923 bits per heavy atom. The summed E-state index contributed by atoms with van der Waals surface area (Å²) in [7, 11) is 0. The first-order valence-electron chi connectivity index (χ1n) is 12.1. The SMILES string of the molecule is CC(N1Cc2cc(Cl)ccc2-n2c(nnc2C2CCN(c3ccc(F)c(C(F)(F)F)c3F)CC2)C1)C(F)(F)F. The fourth-order valence-corrected chi connectivity index (χ4v) is 5.41. The van der Waals surface area contributed by atoms with Crippen molar-refractivity contribution >= 4 is 17.3 Å². The van der Waals surface area contributed by atoms with Gasteiger partial charge in [-0.1, -0.05) is 11.6 Å². The third-order valence-electron chi connectivity index (χ3n) is 7.33. The van der Waals surface area contributed by atoms with Crippen LogP contribution in [0, 0.1) is 11.6 Å². The van der Waals surface area contributed by atoms with Crippen LogP contribution in [-0.2, 0) is 19.3 Å². The smallest absolute Gasteiger partial charge is 0.369 e. The maximum atomic E-state index is 14.7. The molecule has 1 atom stereocenters. The fraction of sp³-hybridized carbons (Fsp3) is 0.440. The van der Waals surface area contributed by atoms with Crippen LogP contribution in [0.3, 0.4) is 0 Å². The topological polar surface area (TPSA) is 37.2 Å². The van der Waals surface area contributed by atoms with E-state index in [9.17, 15) is 35.1 Å². The average molecular weight is 580 g/mol. The fourth-order valence-electron chi connectivity index (χ4n) is 5.22. The first-order valence-corrected chi connectivity index (χ1v) is 12.5. The Bertz CT molecular complexity index is 1380. The molecular weight excluding hydrogens is 558 g/mol. The molecule has 210 valence electrons. The van der Waals surface area contributed by atoms with Gasteiger partial charge in [0.2, 0.25) is 0 Å². The molecule has 0 N–H and O–H groups in total. The van der Waals surface area contributed by atoms with E-state index in [1.54, 1.807) is 22.8 Å². The summed E-state index contributed by atoms with van der Waals surface area (Å²) in [4.78, 5) is 2.66. The molecule has 1 fully saturated rings. The van der Waals surface area contributed by atoms with Crippen molar-refractivity contribution in [3.05, 3.63) is 69.8 Å². The number of rotatable bonds is 3. The molecule has 2 aliphatic rings. The molecule has 2 aliphatic heterocycles. The first kappa shape index (κ1) is 27.6. The Labute approximate surface area is 223 Å². The molecule has 0 bridgehead atoms. The maximum Gasteiger partial charge on any atom is 0.422 e. The molecule has 3 aromatic rings. The molecule has 3 heterocycles. The highest BCUT2D eigenvalue weighted by Gasteiger charge is 2.43. The average Bonchev–Trinajstić information content (AvgIpc) is 3.18. The lowest BCUT2D eigenvalue weighted by Gasteiger charge is -2.34. The number of piperidine rings is 1. The van der Waals surface area contributed by atoms with E-state index in [1.807, 2.05) is 0 Å².